The SMILES string of the molecule is CCC(C)c1ccccc1-n1c2ccccc2c2cc(-c3ccc4oc5ccc(-n6c7ccccc7c7ccccc76)cc5c4c3)ccc21. The Morgan fingerprint density at radius 2 is 0.980 bits per heavy atom. The van der Waals surface area contributed by atoms with Crippen LogP contribution in [0.4, 0.5) is 0 Å². The van der Waals surface area contributed by atoms with Gasteiger partial charge in [0.2, 0.25) is 0 Å². The third kappa shape index (κ3) is 4.15. The van der Waals surface area contributed by atoms with Crippen LogP contribution >= 0.6 is 0 Å². The largest absolute Gasteiger partial charge is 0.456 e. The first kappa shape index (κ1) is 28.0. The van der Waals surface area contributed by atoms with Crippen LogP contribution in [0.2, 0.25) is 0 Å². The van der Waals surface area contributed by atoms with Crippen LogP contribution in [0.5, 0.6) is 0 Å². The summed E-state index contributed by atoms with van der Waals surface area (Å²) in [6, 6.07) is 55.2. The minimum Gasteiger partial charge on any atom is -0.456 e. The molecule has 3 nitrogen and oxygen atoms in total. The van der Waals surface area contributed by atoms with Gasteiger partial charge >= 0.3 is 0 Å². The second kappa shape index (κ2) is 10.7. The van der Waals surface area contributed by atoms with Gasteiger partial charge in [0.15, 0.2) is 0 Å². The summed E-state index contributed by atoms with van der Waals surface area (Å²) in [5.74, 6) is 0.471. The summed E-state index contributed by atoms with van der Waals surface area (Å²) in [5.41, 5.74) is 12.8. The predicted octanol–water partition coefficient (Wildman–Crippen LogP) is 13.0. The molecule has 7 aromatic carbocycles. The first-order valence-electron chi connectivity index (χ1n) is 17.3. The summed E-state index contributed by atoms with van der Waals surface area (Å²) < 4.78 is 11.2. The molecule has 3 heteroatoms. The lowest BCUT2D eigenvalue weighted by Gasteiger charge is -2.17. The van der Waals surface area contributed by atoms with Crippen LogP contribution in [0.25, 0.3) is 88.1 Å². The van der Waals surface area contributed by atoms with E-state index in [-0.39, 0.29) is 0 Å². The van der Waals surface area contributed by atoms with Gasteiger partial charge in [-0.05, 0) is 95.8 Å². The summed E-state index contributed by atoms with van der Waals surface area (Å²) >= 11 is 0. The molecule has 0 spiro atoms. The van der Waals surface area contributed by atoms with E-state index in [4.69, 9.17) is 4.42 Å². The number of nitrogens with zero attached hydrogens (tertiary/aromatic N) is 2. The highest BCUT2D eigenvalue weighted by Crippen LogP contribution is 2.40. The fraction of sp³-hybridized carbons (Fsp3) is 0.0870. The normalized spacial score (nSPS) is 12.7. The topological polar surface area (TPSA) is 23.0 Å². The second-order valence-corrected chi connectivity index (χ2v) is 13.3. The van der Waals surface area contributed by atoms with Gasteiger partial charge in [-0.3, -0.25) is 0 Å². The lowest BCUT2D eigenvalue weighted by molar-refractivity contribution is 0.669. The van der Waals surface area contributed by atoms with E-state index in [1.54, 1.807) is 0 Å². The van der Waals surface area contributed by atoms with Gasteiger partial charge < -0.3 is 13.6 Å². The highest BCUT2D eigenvalue weighted by molar-refractivity contribution is 6.12. The van der Waals surface area contributed by atoms with Crippen molar-refractivity contribution < 1.29 is 4.42 Å². The Morgan fingerprint density at radius 1 is 0.469 bits per heavy atom. The average molecular weight is 631 g/mol. The zero-order chi connectivity index (χ0) is 32.6. The molecule has 0 saturated heterocycles. The Hall–Kier alpha value is -6.06. The summed E-state index contributed by atoms with van der Waals surface area (Å²) in [4.78, 5) is 0. The Kier molecular flexibility index (Phi) is 6.13. The zero-order valence-corrected chi connectivity index (χ0v) is 27.5. The van der Waals surface area contributed by atoms with Gasteiger partial charge in [-0.2, -0.15) is 0 Å². The lowest BCUT2D eigenvalue weighted by atomic mass is 9.96. The Balaban J connectivity index is 1.15. The number of aromatic nitrogens is 2. The molecule has 10 aromatic rings. The van der Waals surface area contributed by atoms with Crippen LogP contribution in [0, 0.1) is 0 Å². The maximum Gasteiger partial charge on any atom is 0.135 e. The number of hydrogen-bond acceptors (Lipinski definition) is 1. The van der Waals surface area contributed by atoms with Crippen molar-refractivity contribution in [1.82, 2.24) is 9.13 Å². The maximum absolute atomic E-state index is 6.40. The van der Waals surface area contributed by atoms with Gasteiger partial charge in [-0.1, -0.05) is 98.8 Å². The summed E-state index contributed by atoms with van der Waals surface area (Å²) in [6.07, 6.45) is 1.10. The molecule has 0 bridgehead atoms. The molecule has 3 heterocycles. The van der Waals surface area contributed by atoms with Crippen molar-refractivity contribution in [3.63, 3.8) is 0 Å². The van der Waals surface area contributed by atoms with Crippen LogP contribution in [-0.4, -0.2) is 9.13 Å². The Bertz CT molecular complexity index is 2850. The van der Waals surface area contributed by atoms with Crippen LogP contribution in [-0.2, 0) is 0 Å². The van der Waals surface area contributed by atoms with Crippen molar-refractivity contribution in [2.24, 2.45) is 0 Å². The number of furan rings is 1. The number of hydrogen-bond donors (Lipinski definition) is 0. The third-order valence-electron chi connectivity index (χ3n) is 10.6. The van der Waals surface area contributed by atoms with Crippen LogP contribution in [0.3, 0.4) is 0 Å². The quantitative estimate of drug-likeness (QED) is 0.186. The van der Waals surface area contributed by atoms with E-state index < -0.39 is 0 Å². The molecule has 0 amide bonds. The van der Waals surface area contributed by atoms with Gasteiger partial charge in [0, 0.05) is 43.7 Å². The molecule has 1 atom stereocenters. The van der Waals surface area contributed by atoms with Crippen LogP contribution in [0.15, 0.2) is 156 Å². The summed E-state index contributed by atoms with van der Waals surface area (Å²) in [6.45, 7) is 4.59. The second-order valence-electron chi connectivity index (χ2n) is 13.3. The standard InChI is InChI=1S/C46H34N2O/c1-3-29(2)33-12-4-8-16-40(33)48-43-19-11-7-15-36(43)37-26-30(20-23-44(37)48)31-21-24-45-38(27-31)39-28-32(22-25-46(39)49-45)47-41-17-9-5-13-34(41)35-14-6-10-18-42(35)47/h4-29H,3H2,1-2H3. The van der Waals surface area contributed by atoms with Crippen molar-refractivity contribution in [3.05, 3.63) is 157 Å². The van der Waals surface area contributed by atoms with E-state index in [0.29, 0.717) is 5.92 Å². The average Bonchev–Trinajstić information content (AvgIpc) is 3.81. The predicted molar refractivity (Wildman–Crippen MR) is 207 cm³/mol. The molecule has 49 heavy (non-hydrogen) atoms. The van der Waals surface area contributed by atoms with Gasteiger partial charge in [-0.25, -0.2) is 0 Å². The van der Waals surface area contributed by atoms with Gasteiger partial charge in [-0.15, -0.1) is 0 Å². The van der Waals surface area contributed by atoms with Crippen molar-refractivity contribution in [2.75, 3.05) is 0 Å². The number of para-hydroxylation sites is 4. The first-order chi connectivity index (χ1) is 24.2. The van der Waals surface area contributed by atoms with Crippen molar-refractivity contribution >= 4 is 65.6 Å². The van der Waals surface area contributed by atoms with Crippen molar-refractivity contribution in [3.8, 4) is 22.5 Å². The first-order valence-corrected chi connectivity index (χ1v) is 17.3. The Labute approximate surface area is 284 Å². The zero-order valence-electron chi connectivity index (χ0n) is 27.5. The lowest BCUT2D eigenvalue weighted by Crippen LogP contribution is -2.02. The summed E-state index contributed by atoms with van der Waals surface area (Å²) in [7, 11) is 0. The number of fused-ring (bicyclic) bond motifs is 9. The molecule has 3 aromatic heterocycles. The Morgan fingerprint density at radius 3 is 1.67 bits per heavy atom. The molecular formula is C46H34N2O. The highest BCUT2D eigenvalue weighted by Gasteiger charge is 2.18. The molecule has 0 N–H and O–H groups in total. The monoisotopic (exact) mass is 630 g/mol. The molecule has 0 fully saturated rings. The van der Waals surface area contributed by atoms with E-state index in [9.17, 15) is 0 Å². The van der Waals surface area contributed by atoms with Crippen LogP contribution < -0.4 is 0 Å². The molecule has 234 valence electrons. The molecule has 0 saturated carbocycles. The van der Waals surface area contributed by atoms with E-state index >= 15 is 0 Å². The summed E-state index contributed by atoms with van der Waals surface area (Å²) in [5, 5.41) is 7.30. The number of rotatable bonds is 5. The smallest absolute Gasteiger partial charge is 0.135 e. The van der Waals surface area contributed by atoms with Gasteiger partial charge in [0.05, 0.1) is 22.1 Å². The molecule has 10 rings (SSSR count). The minimum atomic E-state index is 0.471. The highest BCUT2D eigenvalue weighted by atomic mass is 16.3. The maximum atomic E-state index is 6.40. The third-order valence-corrected chi connectivity index (χ3v) is 10.6. The van der Waals surface area contributed by atoms with Crippen molar-refractivity contribution in [2.45, 2.75) is 26.2 Å². The van der Waals surface area contributed by atoms with E-state index in [1.807, 2.05) is 0 Å². The van der Waals surface area contributed by atoms with Gasteiger partial charge in [0.1, 0.15) is 11.2 Å². The molecule has 0 aliphatic heterocycles. The molecule has 0 radical (unpaired) electrons. The molecule has 0 aliphatic rings. The van der Waals surface area contributed by atoms with E-state index in [0.717, 1.165) is 34.0 Å². The van der Waals surface area contributed by atoms with Gasteiger partial charge in [0.25, 0.3) is 0 Å². The molecular weight excluding hydrogens is 597 g/mol. The minimum absolute atomic E-state index is 0.471. The molecule has 0 aliphatic carbocycles. The molecule has 1 unspecified atom stereocenters. The van der Waals surface area contributed by atoms with Crippen LogP contribution in [0.1, 0.15) is 31.7 Å². The fourth-order valence-electron chi connectivity index (χ4n) is 8.02. The number of benzene rings is 7. The van der Waals surface area contributed by atoms with E-state index in [1.165, 1.54) is 66.0 Å². The van der Waals surface area contributed by atoms with E-state index in [2.05, 4.69) is 175 Å². The fourth-order valence-corrected chi connectivity index (χ4v) is 8.02. The van der Waals surface area contributed by atoms with Crippen molar-refractivity contribution in [1.29, 1.82) is 0 Å².